The van der Waals surface area contributed by atoms with E-state index in [1.165, 1.54) is 18.4 Å². The van der Waals surface area contributed by atoms with Gasteiger partial charge in [0.1, 0.15) is 0 Å². The second-order valence-electron chi connectivity index (χ2n) is 4.44. The molecule has 0 spiro atoms. The highest BCUT2D eigenvalue weighted by atomic mass is 14.5. The molecule has 0 aliphatic heterocycles. The summed E-state index contributed by atoms with van der Waals surface area (Å²) in [6.45, 7) is 0. The minimum atomic E-state index is 0.114. The molecule has 0 saturated heterocycles. The first kappa shape index (κ1) is 10.0. The number of nitrogens with zero attached hydrogens (tertiary/aromatic N) is 1. The van der Waals surface area contributed by atoms with Gasteiger partial charge in [0.15, 0.2) is 0 Å². The zero-order chi connectivity index (χ0) is 10.7. The Morgan fingerprint density at radius 3 is 2.33 bits per heavy atom. The SMILES string of the molecule is N#CCC1(c2ccc(N)cc2)CCCC1. The molecular formula is C13H16N2. The van der Waals surface area contributed by atoms with Crippen LogP contribution in [-0.2, 0) is 5.41 Å². The Morgan fingerprint density at radius 2 is 1.80 bits per heavy atom. The van der Waals surface area contributed by atoms with Crippen LogP contribution in [0, 0.1) is 11.3 Å². The lowest BCUT2D eigenvalue weighted by molar-refractivity contribution is 0.451. The summed E-state index contributed by atoms with van der Waals surface area (Å²) in [6, 6.07) is 10.4. The molecule has 1 aliphatic rings. The van der Waals surface area contributed by atoms with E-state index in [1.807, 2.05) is 12.1 Å². The summed E-state index contributed by atoms with van der Waals surface area (Å²) < 4.78 is 0. The molecule has 0 amide bonds. The molecular weight excluding hydrogens is 184 g/mol. The quantitative estimate of drug-likeness (QED) is 0.746. The lowest BCUT2D eigenvalue weighted by Crippen LogP contribution is -2.21. The van der Waals surface area contributed by atoms with Gasteiger partial charge in [-0.25, -0.2) is 0 Å². The molecule has 0 bridgehead atoms. The molecule has 0 atom stereocenters. The van der Waals surface area contributed by atoms with E-state index in [-0.39, 0.29) is 5.41 Å². The van der Waals surface area contributed by atoms with Crippen LogP contribution in [0.3, 0.4) is 0 Å². The summed E-state index contributed by atoms with van der Waals surface area (Å²) in [7, 11) is 0. The number of hydrogen-bond donors (Lipinski definition) is 1. The van der Waals surface area contributed by atoms with Gasteiger partial charge in [0.2, 0.25) is 0 Å². The fourth-order valence-electron chi connectivity index (χ4n) is 2.61. The fourth-order valence-corrected chi connectivity index (χ4v) is 2.61. The number of benzene rings is 1. The zero-order valence-electron chi connectivity index (χ0n) is 8.87. The first-order chi connectivity index (χ1) is 7.27. The van der Waals surface area contributed by atoms with Crippen molar-refractivity contribution in [2.24, 2.45) is 0 Å². The molecule has 1 aromatic carbocycles. The number of nitrogen functional groups attached to an aromatic ring is 1. The second kappa shape index (κ2) is 3.94. The number of nitrogens with two attached hydrogens (primary N) is 1. The van der Waals surface area contributed by atoms with E-state index in [0.29, 0.717) is 6.42 Å². The maximum atomic E-state index is 8.93. The summed E-state index contributed by atoms with van der Waals surface area (Å²) in [5.74, 6) is 0. The van der Waals surface area contributed by atoms with Crippen LogP contribution in [0.2, 0.25) is 0 Å². The zero-order valence-corrected chi connectivity index (χ0v) is 8.87. The summed E-state index contributed by atoms with van der Waals surface area (Å²) in [5.41, 5.74) is 7.87. The average Bonchev–Trinajstić information content (AvgIpc) is 2.69. The maximum Gasteiger partial charge on any atom is 0.0631 e. The van der Waals surface area contributed by atoms with Crippen molar-refractivity contribution < 1.29 is 0 Å². The summed E-state index contributed by atoms with van der Waals surface area (Å²) in [5, 5.41) is 8.93. The molecule has 2 nitrogen and oxygen atoms in total. The Kier molecular flexibility index (Phi) is 2.64. The van der Waals surface area contributed by atoms with E-state index < -0.39 is 0 Å². The van der Waals surface area contributed by atoms with E-state index in [2.05, 4.69) is 18.2 Å². The summed E-state index contributed by atoms with van der Waals surface area (Å²) in [6.07, 6.45) is 5.41. The van der Waals surface area contributed by atoms with Crippen molar-refractivity contribution in [3.63, 3.8) is 0 Å². The van der Waals surface area contributed by atoms with E-state index in [0.717, 1.165) is 18.5 Å². The Labute approximate surface area is 90.7 Å². The van der Waals surface area contributed by atoms with Crippen LogP contribution in [0.25, 0.3) is 0 Å². The summed E-state index contributed by atoms with van der Waals surface area (Å²) in [4.78, 5) is 0. The number of hydrogen-bond acceptors (Lipinski definition) is 2. The molecule has 1 fully saturated rings. The van der Waals surface area contributed by atoms with Crippen LogP contribution in [0.5, 0.6) is 0 Å². The van der Waals surface area contributed by atoms with E-state index >= 15 is 0 Å². The van der Waals surface area contributed by atoms with Crippen LogP contribution in [0.4, 0.5) is 5.69 Å². The molecule has 0 unspecified atom stereocenters. The normalized spacial score (nSPS) is 18.6. The van der Waals surface area contributed by atoms with Gasteiger partial charge >= 0.3 is 0 Å². The lowest BCUT2D eigenvalue weighted by Gasteiger charge is -2.26. The second-order valence-corrected chi connectivity index (χ2v) is 4.44. The van der Waals surface area contributed by atoms with Crippen molar-refractivity contribution in [3.05, 3.63) is 29.8 Å². The van der Waals surface area contributed by atoms with Gasteiger partial charge in [-0.3, -0.25) is 0 Å². The Morgan fingerprint density at radius 1 is 1.20 bits per heavy atom. The van der Waals surface area contributed by atoms with Gasteiger partial charge in [-0.1, -0.05) is 25.0 Å². The largest absolute Gasteiger partial charge is 0.399 e. The van der Waals surface area contributed by atoms with Gasteiger partial charge in [-0.05, 0) is 30.5 Å². The minimum Gasteiger partial charge on any atom is -0.399 e. The Hall–Kier alpha value is -1.49. The van der Waals surface area contributed by atoms with Gasteiger partial charge in [0.25, 0.3) is 0 Å². The summed E-state index contributed by atoms with van der Waals surface area (Å²) >= 11 is 0. The van der Waals surface area contributed by atoms with Crippen molar-refractivity contribution >= 4 is 5.69 Å². The van der Waals surface area contributed by atoms with Gasteiger partial charge in [-0.2, -0.15) is 5.26 Å². The van der Waals surface area contributed by atoms with Gasteiger partial charge < -0.3 is 5.73 Å². The molecule has 2 rings (SSSR count). The van der Waals surface area contributed by atoms with Crippen molar-refractivity contribution in [2.75, 3.05) is 5.73 Å². The van der Waals surface area contributed by atoms with Gasteiger partial charge in [-0.15, -0.1) is 0 Å². The molecule has 0 heterocycles. The third kappa shape index (κ3) is 1.83. The van der Waals surface area contributed by atoms with Crippen molar-refractivity contribution in [1.29, 1.82) is 5.26 Å². The van der Waals surface area contributed by atoms with E-state index in [9.17, 15) is 0 Å². The number of rotatable bonds is 2. The third-order valence-electron chi connectivity index (χ3n) is 3.50. The highest BCUT2D eigenvalue weighted by Crippen LogP contribution is 2.43. The third-order valence-corrected chi connectivity index (χ3v) is 3.50. The standard InChI is InChI=1S/C13H16N2/c14-10-9-13(7-1-2-8-13)11-3-5-12(15)6-4-11/h3-6H,1-2,7-9,15H2. The molecule has 1 aromatic rings. The van der Waals surface area contributed by atoms with Gasteiger partial charge in [0.05, 0.1) is 6.07 Å². The molecule has 1 saturated carbocycles. The monoisotopic (exact) mass is 200 g/mol. The maximum absolute atomic E-state index is 8.93. The molecule has 2 N–H and O–H groups in total. The average molecular weight is 200 g/mol. The van der Waals surface area contributed by atoms with Crippen molar-refractivity contribution in [3.8, 4) is 6.07 Å². The van der Waals surface area contributed by atoms with Crippen LogP contribution in [0.1, 0.15) is 37.7 Å². The van der Waals surface area contributed by atoms with E-state index in [1.54, 1.807) is 0 Å². The number of anilines is 1. The predicted octanol–water partition coefficient (Wildman–Crippen LogP) is 2.99. The lowest BCUT2D eigenvalue weighted by atomic mass is 9.76. The molecule has 15 heavy (non-hydrogen) atoms. The molecule has 2 heteroatoms. The van der Waals surface area contributed by atoms with Crippen LogP contribution in [-0.4, -0.2) is 0 Å². The predicted molar refractivity (Wildman–Crippen MR) is 61.2 cm³/mol. The first-order valence-electron chi connectivity index (χ1n) is 5.50. The highest BCUT2D eigenvalue weighted by molar-refractivity contribution is 5.42. The number of nitriles is 1. The van der Waals surface area contributed by atoms with Gasteiger partial charge in [0, 0.05) is 17.5 Å². The van der Waals surface area contributed by atoms with Crippen LogP contribution in [0.15, 0.2) is 24.3 Å². The molecule has 78 valence electrons. The van der Waals surface area contributed by atoms with Crippen LogP contribution >= 0.6 is 0 Å². The smallest absolute Gasteiger partial charge is 0.0631 e. The Bertz CT molecular complexity index is 367. The highest BCUT2D eigenvalue weighted by Gasteiger charge is 2.35. The minimum absolute atomic E-state index is 0.114. The molecule has 1 aliphatic carbocycles. The Balaban J connectivity index is 2.33. The molecule has 0 aromatic heterocycles. The van der Waals surface area contributed by atoms with Crippen molar-refractivity contribution in [1.82, 2.24) is 0 Å². The fraction of sp³-hybridized carbons (Fsp3) is 0.462. The first-order valence-corrected chi connectivity index (χ1v) is 5.50. The topological polar surface area (TPSA) is 49.8 Å². The van der Waals surface area contributed by atoms with E-state index in [4.69, 9.17) is 11.0 Å². The van der Waals surface area contributed by atoms with Crippen molar-refractivity contribution in [2.45, 2.75) is 37.5 Å². The van der Waals surface area contributed by atoms with Crippen LogP contribution < -0.4 is 5.73 Å². The molecule has 0 radical (unpaired) electrons.